The van der Waals surface area contributed by atoms with Crippen molar-refractivity contribution in [2.45, 2.75) is 46.0 Å². The fourth-order valence-corrected chi connectivity index (χ4v) is 2.63. The number of nitrogens with one attached hydrogen (secondary N) is 2. The van der Waals surface area contributed by atoms with Crippen molar-refractivity contribution in [2.75, 3.05) is 10.6 Å². The molecule has 0 bridgehead atoms. The van der Waals surface area contributed by atoms with Crippen LogP contribution in [0.2, 0.25) is 0 Å². The van der Waals surface area contributed by atoms with Gasteiger partial charge in [0.05, 0.1) is 0 Å². The van der Waals surface area contributed by atoms with Crippen LogP contribution in [0.25, 0.3) is 0 Å². The van der Waals surface area contributed by atoms with Crippen LogP contribution in [0.1, 0.15) is 56.5 Å². The Morgan fingerprint density at radius 1 is 0.852 bits per heavy atom. The Hall–Kier alpha value is -2.95. The Labute approximate surface area is 160 Å². The van der Waals surface area contributed by atoms with E-state index in [0.29, 0.717) is 16.9 Å². The van der Waals surface area contributed by atoms with Gasteiger partial charge in [-0.3, -0.25) is 14.4 Å². The third-order valence-electron chi connectivity index (χ3n) is 4.12. The highest BCUT2D eigenvalue weighted by molar-refractivity contribution is 6.00. The Bertz CT molecular complexity index is 833. The summed E-state index contributed by atoms with van der Waals surface area (Å²) in [7, 11) is 0. The minimum Gasteiger partial charge on any atom is -0.326 e. The molecule has 2 N–H and O–H groups in total. The molecule has 0 aromatic heterocycles. The summed E-state index contributed by atoms with van der Waals surface area (Å²) in [5, 5.41) is 5.41. The zero-order valence-corrected chi connectivity index (χ0v) is 16.3. The molecular formula is C22H26N2O3. The van der Waals surface area contributed by atoms with E-state index in [0.717, 1.165) is 5.56 Å². The SMILES string of the molecule is CC(=O)Nc1cccc(NC(=O)CCC(=O)c2ccc(C(C)(C)C)cc2)c1. The van der Waals surface area contributed by atoms with E-state index < -0.39 is 0 Å². The molecule has 0 fully saturated rings. The number of ketones is 1. The fourth-order valence-electron chi connectivity index (χ4n) is 2.63. The molecular weight excluding hydrogens is 340 g/mol. The number of hydrogen-bond donors (Lipinski definition) is 2. The second-order valence-corrected chi connectivity index (χ2v) is 7.56. The first-order valence-electron chi connectivity index (χ1n) is 8.96. The molecule has 0 atom stereocenters. The van der Waals surface area contributed by atoms with E-state index in [4.69, 9.17) is 0 Å². The molecule has 2 amide bonds. The largest absolute Gasteiger partial charge is 0.326 e. The topological polar surface area (TPSA) is 75.3 Å². The van der Waals surface area contributed by atoms with Crippen molar-refractivity contribution in [1.82, 2.24) is 0 Å². The Balaban J connectivity index is 1.90. The highest BCUT2D eigenvalue weighted by Crippen LogP contribution is 2.22. The second kappa shape index (κ2) is 8.62. The van der Waals surface area contributed by atoms with E-state index in [9.17, 15) is 14.4 Å². The van der Waals surface area contributed by atoms with Crippen LogP contribution >= 0.6 is 0 Å². The smallest absolute Gasteiger partial charge is 0.224 e. The molecule has 2 aromatic carbocycles. The standard InChI is InChI=1S/C22H26N2O3/c1-15(25)23-18-6-5-7-19(14-18)24-21(27)13-12-20(26)16-8-10-17(11-9-16)22(2,3)4/h5-11,14H,12-13H2,1-4H3,(H,23,25)(H,24,27). The summed E-state index contributed by atoms with van der Waals surface area (Å²) in [4.78, 5) is 35.5. The number of carbonyl (C=O) groups is 3. The number of amides is 2. The lowest BCUT2D eigenvalue weighted by molar-refractivity contribution is -0.116. The number of rotatable bonds is 6. The average Bonchev–Trinajstić information content (AvgIpc) is 2.59. The molecule has 2 rings (SSSR count). The monoisotopic (exact) mass is 366 g/mol. The van der Waals surface area contributed by atoms with Gasteiger partial charge in [0.25, 0.3) is 0 Å². The van der Waals surface area contributed by atoms with E-state index in [1.165, 1.54) is 6.92 Å². The molecule has 0 saturated carbocycles. The van der Waals surface area contributed by atoms with Gasteiger partial charge >= 0.3 is 0 Å². The van der Waals surface area contributed by atoms with E-state index >= 15 is 0 Å². The molecule has 0 heterocycles. The van der Waals surface area contributed by atoms with E-state index in [1.54, 1.807) is 24.3 Å². The first kappa shape index (κ1) is 20.4. The van der Waals surface area contributed by atoms with Crippen molar-refractivity contribution >= 4 is 29.0 Å². The van der Waals surface area contributed by atoms with Crippen molar-refractivity contribution < 1.29 is 14.4 Å². The van der Waals surface area contributed by atoms with Crippen molar-refractivity contribution in [3.8, 4) is 0 Å². The second-order valence-electron chi connectivity index (χ2n) is 7.56. The summed E-state index contributed by atoms with van der Waals surface area (Å²) in [5.41, 5.74) is 3.00. The lowest BCUT2D eigenvalue weighted by atomic mass is 9.86. The summed E-state index contributed by atoms with van der Waals surface area (Å²) < 4.78 is 0. The normalized spacial score (nSPS) is 11.0. The number of hydrogen-bond acceptors (Lipinski definition) is 3. The Morgan fingerprint density at radius 2 is 1.44 bits per heavy atom. The van der Waals surface area contributed by atoms with Crippen LogP contribution in [0.4, 0.5) is 11.4 Å². The maximum absolute atomic E-state index is 12.3. The minimum absolute atomic E-state index is 0.0350. The number of Topliss-reactive ketones (excluding diaryl/α,β-unsaturated/α-hetero) is 1. The summed E-state index contributed by atoms with van der Waals surface area (Å²) in [6, 6.07) is 14.4. The molecule has 0 aliphatic heterocycles. The quantitative estimate of drug-likeness (QED) is 0.737. The van der Waals surface area contributed by atoms with Gasteiger partial charge in [0.15, 0.2) is 5.78 Å². The van der Waals surface area contributed by atoms with Crippen LogP contribution in [0.3, 0.4) is 0 Å². The molecule has 2 aromatic rings. The molecule has 0 radical (unpaired) electrons. The third-order valence-corrected chi connectivity index (χ3v) is 4.12. The maximum atomic E-state index is 12.3. The van der Waals surface area contributed by atoms with Gasteiger partial charge in [-0.15, -0.1) is 0 Å². The van der Waals surface area contributed by atoms with Crippen LogP contribution in [0.15, 0.2) is 48.5 Å². The van der Waals surface area contributed by atoms with Crippen LogP contribution in [-0.4, -0.2) is 17.6 Å². The molecule has 0 aliphatic carbocycles. The molecule has 0 spiro atoms. The van der Waals surface area contributed by atoms with Crippen LogP contribution in [-0.2, 0) is 15.0 Å². The summed E-state index contributed by atoms with van der Waals surface area (Å²) >= 11 is 0. The van der Waals surface area contributed by atoms with Gasteiger partial charge in [0.1, 0.15) is 0 Å². The highest BCUT2D eigenvalue weighted by atomic mass is 16.2. The van der Waals surface area contributed by atoms with Crippen molar-refractivity contribution in [1.29, 1.82) is 0 Å². The summed E-state index contributed by atoms with van der Waals surface area (Å²) in [6.45, 7) is 7.78. The van der Waals surface area contributed by atoms with Gasteiger partial charge < -0.3 is 10.6 Å². The Morgan fingerprint density at radius 3 is 2.00 bits per heavy atom. The molecule has 0 unspecified atom stereocenters. The molecule has 142 valence electrons. The zero-order chi connectivity index (χ0) is 20.0. The number of carbonyl (C=O) groups excluding carboxylic acids is 3. The van der Waals surface area contributed by atoms with Crippen molar-refractivity contribution in [2.24, 2.45) is 0 Å². The predicted molar refractivity (Wildman–Crippen MR) is 108 cm³/mol. The zero-order valence-electron chi connectivity index (χ0n) is 16.3. The molecule has 5 nitrogen and oxygen atoms in total. The fraction of sp³-hybridized carbons (Fsp3) is 0.318. The van der Waals surface area contributed by atoms with Gasteiger partial charge in [-0.05, 0) is 29.2 Å². The van der Waals surface area contributed by atoms with Crippen LogP contribution in [0, 0.1) is 0 Å². The summed E-state index contributed by atoms with van der Waals surface area (Å²) in [6.07, 6.45) is 0.246. The molecule has 0 saturated heterocycles. The molecule has 27 heavy (non-hydrogen) atoms. The number of anilines is 2. The maximum Gasteiger partial charge on any atom is 0.224 e. The average molecular weight is 366 g/mol. The first-order chi connectivity index (χ1) is 12.6. The molecule has 5 heteroatoms. The van der Waals surface area contributed by atoms with E-state index in [1.807, 2.05) is 24.3 Å². The lowest BCUT2D eigenvalue weighted by Gasteiger charge is -2.18. The van der Waals surface area contributed by atoms with E-state index in [-0.39, 0.29) is 35.9 Å². The third kappa shape index (κ3) is 6.37. The van der Waals surface area contributed by atoms with Gasteiger partial charge in [-0.1, -0.05) is 51.1 Å². The predicted octanol–water partition coefficient (Wildman–Crippen LogP) is 4.54. The van der Waals surface area contributed by atoms with Gasteiger partial charge in [-0.25, -0.2) is 0 Å². The van der Waals surface area contributed by atoms with Crippen molar-refractivity contribution in [3.05, 3.63) is 59.7 Å². The van der Waals surface area contributed by atoms with Crippen LogP contribution < -0.4 is 10.6 Å². The highest BCUT2D eigenvalue weighted by Gasteiger charge is 2.15. The Kier molecular flexibility index (Phi) is 6.50. The van der Waals surface area contributed by atoms with E-state index in [2.05, 4.69) is 31.4 Å². The van der Waals surface area contributed by atoms with Gasteiger partial charge in [0.2, 0.25) is 11.8 Å². The lowest BCUT2D eigenvalue weighted by Crippen LogP contribution is -2.14. The van der Waals surface area contributed by atoms with Gasteiger partial charge in [-0.2, -0.15) is 0 Å². The molecule has 0 aliphatic rings. The van der Waals surface area contributed by atoms with Crippen LogP contribution in [0.5, 0.6) is 0 Å². The van der Waals surface area contributed by atoms with Gasteiger partial charge in [0, 0.05) is 36.7 Å². The first-order valence-corrected chi connectivity index (χ1v) is 8.96. The summed E-state index contributed by atoms with van der Waals surface area (Å²) in [5.74, 6) is -0.478. The van der Waals surface area contributed by atoms with Crippen molar-refractivity contribution in [3.63, 3.8) is 0 Å². The minimum atomic E-state index is -0.241. The number of benzene rings is 2.